The zero-order valence-corrected chi connectivity index (χ0v) is 12.9. The van der Waals surface area contributed by atoms with Gasteiger partial charge < -0.3 is 9.47 Å². The molecule has 4 nitrogen and oxygen atoms in total. The number of nitrogens with zero attached hydrogens (tertiary/aromatic N) is 1. The molecule has 0 aliphatic heterocycles. The molecule has 0 radical (unpaired) electrons. The van der Waals surface area contributed by atoms with Gasteiger partial charge in [-0.15, -0.1) is 11.3 Å². The number of para-hydroxylation sites is 1. The fraction of sp³-hybridized carbons (Fsp3) is 0.176. The summed E-state index contributed by atoms with van der Waals surface area (Å²) in [6.07, 6.45) is 0.695. The van der Waals surface area contributed by atoms with Gasteiger partial charge in [0.25, 0.3) is 0 Å². The van der Waals surface area contributed by atoms with E-state index in [1.165, 1.54) is 11.3 Å². The topological polar surface area (TPSA) is 48.4 Å². The Hall–Kier alpha value is -2.40. The highest BCUT2D eigenvalue weighted by molar-refractivity contribution is 7.20. The van der Waals surface area contributed by atoms with Crippen molar-refractivity contribution in [3.8, 4) is 5.75 Å². The van der Waals surface area contributed by atoms with Crippen LogP contribution in [0.1, 0.15) is 15.4 Å². The van der Waals surface area contributed by atoms with E-state index in [2.05, 4.69) is 4.98 Å². The van der Waals surface area contributed by atoms with Crippen molar-refractivity contribution in [1.29, 1.82) is 0 Å². The number of fused-ring (bicyclic) bond motifs is 1. The van der Waals surface area contributed by atoms with E-state index >= 15 is 0 Å². The first kappa shape index (κ1) is 14.5. The van der Waals surface area contributed by atoms with Gasteiger partial charge >= 0.3 is 5.97 Å². The van der Waals surface area contributed by atoms with Crippen molar-refractivity contribution in [2.24, 2.45) is 0 Å². The number of benzene rings is 2. The van der Waals surface area contributed by atoms with Gasteiger partial charge in [-0.1, -0.05) is 36.4 Å². The van der Waals surface area contributed by atoms with Crippen molar-refractivity contribution in [3.05, 3.63) is 59.1 Å². The molecule has 22 heavy (non-hydrogen) atoms. The number of esters is 1. The van der Waals surface area contributed by atoms with E-state index in [1.807, 2.05) is 48.5 Å². The maximum atomic E-state index is 12.1. The molecule has 3 aromatic rings. The zero-order chi connectivity index (χ0) is 15.4. The first-order valence-electron chi connectivity index (χ1n) is 6.92. The molecule has 0 aliphatic rings. The van der Waals surface area contributed by atoms with Gasteiger partial charge in [-0.3, -0.25) is 0 Å². The average molecular weight is 313 g/mol. The Morgan fingerprint density at radius 1 is 1.14 bits per heavy atom. The Balaban J connectivity index is 1.67. The minimum atomic E-state index is -0.390. The van der Waals surface area contributed by atoms with Crippen molar-refractivity contribution < 1.29 is 14.3 Å². The number of carbonyl (C=O) groups is 1. The molecular weight excluding hydrogens is 298 g/mol. The van der Waals surface area contributed by atoms with Crippen LogP contribution < -0.4 is 4.74 Å². The number of carbonyl (C=O) groups excluding carboxylic acids is 1. The van der Waals surface area contributed by atoms with Gasteiger partial charge in [-0.2, -0.15) is 0 Å². The fourth-order valence-corrected chi connectivity index (χ4v) is 3.02. The zero-order valence-electron chi connectivity index (χ0n) is 12.1. The predicted molar refractivity (Wildman–Crippen MR) is 86.6 cm³/mol. The highest BCUT2D eigenvalue weighted by Crippen LogP contribution is 2.29. The average Bonchev–Trinajstić information content (AvgIpc) is 3.00. The van der Waals surface area contributed by atoms with Crippen LogP contribution in [0.2, 0.25) is 0 Å². The molecule has 0 N–H and O–H groups in total. The van der Waals surface area contributed by atoms with E-state index in [1.54, 1.807) is 7.11 Å². The maximum absolute atomic E-state index is 12.1. The van der Waals surface area contributed by atoms with Gasteiger partial charge in [-0.05, 0) is 17.7 Å². The first-order valence-corrected chi connectivity index (χ1v) is 7.74. The third-order valence-corrected chi connectivity index (χ3v) is 4.24. The molecule has 112 valence electrons. The molecule has 0 aliphatic carbocycles. The summed E-state index contributed by atoms with van der Waals surface area (Å²) in [6.45, 7) is 0.343. The summed E-state index contributed by atoms with van der Waals surface area (Å²) in [5, 5.41) is 0.354. The van der Waals surface area contributed by atoms with E-state index in [-0.39, 0.29) is 5.97 Å². The minimum Gasteiger partial charge on any atom is -0.494 e. The smallest absolute Gasteiger partial charge is 0.367 e. The molecule has 0 fully saturated rings. The van der Waals surface area contributed by atoms with Gasteiger partial charge in [0.15, 0.2) is 0 Å². The molecule has 0 spiro atoms. The fourth-order valence-electron chi connectivity index (χ4n) is 2.14. The quantitative estimate of drug-likeness (QED) is 0.674. The Morgan fingerprint density at radius 2 is 1.95 bits per heavy atom. The third kappa shape index (κ3) is 3.09. The van der Waals surface area contributed by atoms with Crippen LogP contribution in [0, 0.1) is 0 Å². The van der Waals surface area contributed by atoms with E-state index < -0.39 is 0 Å². The molecule has 0 atom stereocenters. The van der Waals surface area contributed by atoms with Gasteiger partial charge in [-0.25, -0.2) is 9.78 Å². The van der Waals surface area contributed by atoms with Crippen molar-refractivity contribution in [3.63, 3.8) is 0 Å². The molecule has 0 saturated heterocycles. The number of hydrogen-bond acceptors (Lipinski definition) is 5. The minimum absolute atomic E-state index is 0.343. The van der Waals surface area contributed by atoms with Crippen LogP contribution in [0.25, 0.3) is 10.2 Å². The summed E-state index contributed by atoms with van der Waals surface area (Å²) in [5.41, 5.74) is 1.84. The van der Waals surface area contributed by atoms with E-state index in [9.17, 15) is 4.79 Å². The van der Waals surface area contributed by atoms with Crippen LogP contribution in [0.3, 0.4) is 0 Å². The van der Waals surface area contributed by atoms with Crippen molar-refractivity contribution >= 4 is 27.5 Å². The number of thiazole rings is 1. The van der Waals surface area contributed by atoms with Crippen LogP contribution in [-0.2, 0) is 11.2 Å². The highest BCUT2D eigenvalue weighted by atomic mass is 32.1. The number of rotatable bonds is 5. The van der Waals surface area contributed by atoms with Gasteiger partial charge in [0.05, 0.1) is 18.4 Å². The predicted octanol–water partition coefficient (Wildman–Crippen LogP) is 3.70. The summed E-state index contributed by atoms with van der Waals surface area (Å²) >= 11 is 1.32. The van der Waals surface area contributed by atoms with Crippen LogP contribution in [0.4, 0.5) is 0 Å². The summed E-state index contributed by atoms with van der Waals surface area (Å²) in [5.74, 6) is 0.274. The Morgan fingerprint density at radius 3 is 2.73 bits per heavy atom. The molecule has 1 heterocycles. The normalized spacial score (nSPS) is 10.6. The standard InChI is InChI=1S/C17H15NO3S/c1-20-13-8-5-9-14-15(13)18-16(22-14)17(19)21-11-10-12-6-3-2-4-7-12/h2-9H,10-11H2,1H3. The van der Waals surface area contributed by atoms with E-state index in [0.717, 1.165) is 10.3 Å². The molecular formula is C17H15NO3S. The third-order valence-electron chi connectivity index (χ3n) is 3.24. The Labute approximate surface area is 132 Å². The second kappa shape index (κ2) is 6.58. The van der Waals surface area contributed by atoms with E-state index in [4.69, 9.17) is 9.47 Å². The van der Waals surface area contributed by atoms with Gasteiger partial charge in [0, 0.05) is 6.42 Å². The number of methoxy groups -OCH3 is 1. The lowest BCUT2D eigenvalue weighted by molar-refractivity contribution is 0.0509. The lowest BCUT2D eigenvalue weighted by atomic mass is 10.2. The molecule has 0 bridgehead atoms. The second-order valence-electron chi connectivity index (χ2n) is 4.70. The summed E-state index contributed by atoms with van der Waals surface area (Å²) in [6, 6.07) is 15.5. The van der Waals surface area contributed by atoms with Crippen LogP contribution >= 0.6 is 11.3 Å². The van der Waals surface area contributed by atoms with Crippen molar-refractivity contribution in [2.45, 2.75) is 6.42 Å². The highest BCUT2D eigenvalue weighted by Gasteiger charge is 2.15. The number of aromatic nitrogens is 1. The van der Waals surface area contributed by atoms with Crippen LogP contribution in [0.5, 0.6) is 5.75 Å². The Bertz CT molecular complexity index is 783. The first-order chi connectivity index (χ1) is 10.8. The van der Waals surface area contributed by atoms with Crippen molar-refractivity contribution in [1.82, 2.24) is 4.98 Å². The molecule has 2 aromatic carbocycles. The SMILES string of the molecule is COc1cccc2sc(C(=O)OCCc3ccccc3)nc12. The van der Waals surface area contributed by atoms with Crippen LogP contribution in [0.15, 0.2) is 48.5 Å². The molecule has 5 heteroatoms. The van der Waals surface area contributed by atoms with Crippen molar-refractivity contribution in [2.75, 3.05) is 13.7 Å². The van der Waals surface area contributed by atoms with Gasteiger partial charge in [0.2, 0.25) is 5.01 Å². The molecule has 0 unspecified atom stereocenters. The lowest BCUT2D eigenvalue weighted by Gasteiger charge is -2.02. The summed E-state index contributed by atoms with van der Waals surface area (Å²) in [7, 11) is 1.59. The monoisotopic (exact) mass is 313 g/mol. The number of ether oxygens (including phenoxy) is 2. The molecule has 0 saturated carbocycles. The maximum Gasteiger partial charge on any atom is 0.367 e. The van der Waals surface area contributed by atoms with Gasteiger partial charge in [0.1, 0.15) is 11.3 Å². The molecule has 3 rings (SSSR count). The van der Waals surface area contributed by atoms with Crippen LogP contribution in [-0.4, -0.2) is 24.7 Å². The van der Waals surface area contributed by atoms with E-state index in [0.29, 0.717) is 29.3 Å². The lowest BCUT2D eigenvalue weighted by Crippen LogP contribution is -2.07. The summed E-state index contributed by atoms with van der Waals surface area (Å²) in [4.78, 5) is 16.4. The Kier molecular flexibility index (Phi) is 4.34. The number of hydrogen-bond donors (Lipinski definition) is 0. The molecule has 1 aromatic heterocycles. The molecule has 0 amide bonds. The largest absolute Gasteiger partial charge is 0.494 e. The second-order valence-corrected chi connectivity index (χ2v) is 5.73. The summed E-state index contributed by atoms with van der Waals surface area (Å²) < 4.78 is 11.5.